The SMILES string of the molecule is CCC1CCC(N)(c2nc3cc(C)ccc3n2C)CC1. The Balaban J connectivity index is 1.99. The molecular formula is C17H25N3. The Morgan fingerprint density at radius 3 is 2.70 bits per heavy atom. The summed E-state index contributed by atoms with van der Waals surface area (Å²) in [5.41, 5.74) is 9.99. The van der Waals surface area contributed by atoms with E-state index in [2.05, 4.69) is 43.7 Å². The fraction of sp³-hybridized carbons (Fsp3) is 0.588. The molecule has 1 aromatic heterocycles. The summed E-state index contributed by atoms with van der Waals surface area (Å²) >= 11 is 0. The van der Waals surface area contributed by atoms with E-state index in [1.165, 1.54) is 30.3 Å². The second-order valence-electron chi connectivity index (χ2n) is 6.49. The maximum atomic E-state index is 6.72. The number of benzene rings is 1. The van der Waals surface area contributed by atoms with Crippen LogP contribution in [0.3, 0.4) is 0 Å². The van der Waals surface area contributed by atoms with Crippen molar-refractivity contribution in [3.8, 4) is 0 Å². The second-order valence-corrected chi connectivity index (χ2v) is 6.49. The predicted molar refractivity (Wildman–Crippen MR) is 83.6 cm³/mol. The van der Waals surface area contributed by atoms with E-state index in [1.807, 2.05) is 0 Å². The van der Waals surface area contributed by atoms with Crippen LogP contribution in [0.4, 0.5) is 0 Å². The third-order valence-corrected chi connectivity index (χ3v) is 5.06. The molecular weight excluding hydrogens is 246 g/mol. The van der Waals surface area contributed by atoms with E-state index < -0.39 is 0 Å². The molecule has 108 valence electrons. The molecule has 0 bridgehead atoms. The van der Waals surface area contributed by atoms with Crippen LogP contribution in [0.2, 0.25) is 0 Å². The minimum Gasteiger partial charge on any atom is -0.330 e. The summed E-state index contributed by atoms with van der Waals surface area (Å²) in [6.45, 7) is 4.39. The molecule has 0 atom stereocenters. The van der Waals surface area contributed by atoms with E-state index in [0.29, 0.717) is 0 Å². The van der Waals surface area contributed by atoms with Gasteiger partial charge in [-0.25, -0.2) is 4.98 Å². The molecule has 2 N–H and O–H groups in total. The predicted octanol–water partition coefficient (Wildman–Crippen LogP) is 3.64. The highest BCUT2D eigenvalue weighted by Gasteiger charge is 2.36. The first-order valence-electron chi connectivity index (χ1n) is 7.76. The number of fused-ring (bicyclic) bond motifs is 1. The first kappa shape index (κ1) is 13.6. The van der Waals surface area contributed by atoms with E-state index in [4.69, 9.17) is 10.7 Å². The molecule has 1 aromatic carbocycles. The van der Waals surface area contributed by atoms with E-state index in [-0.39, 0.29) is 5.54 Å². The number of nitrogens with two attached hydrogens (primary N) is 1. The standard InChI is InChI=1S/C17H25N3/c1-4-13-7-9-17(18,10-8-13)16-19-14-11-12(2)5-6-15(14)20(16)3/h5-6,11,13H,4,7-10,18H2,1-3H3. The van der Waals surface area contributed by atoms with Crippen molar-refractivity contribution in [1.29, 1.82) is 0 Å². The van der Waals surface area contributed by atoms with Gasteiger partial charge in [-0.15, -0.1) is 0 Å². The molecule has 1 saturated carbocycles. The van der Waals surface area contributed by atoms with Crippen molar-refractivity contribution in [2.45, 2.75) is 51.5 Å². The number of aryl methyl sites for hydroxylation is 2. The number of nitrogens with zero attached hydrogens (tertiary/aromatic N) is 2. The lowest BCUT2D eigenvalue weighted by Gasteiger charge is -2.36. The van der Waals surface area contributed by atoms with Gasteiger partial charge >= 0.3 is 0 Å². The number of rotatable bonds is 2. The molecule has 3 heteroatoms. The lowest BCUT2D eigenvalue weighted by Crippen LogP contribution is -2.42. The van der Waals surface area contributed by atoms with Gasteiger partial charge in [0.05, 0.1) is 16.6 Å². The van der Waals surface area contributed by atoms with Crippen LogP contribution in [0.1, 0.15) is 50.4 Å². The minimum absolute atomic E-state index is 0.243. The van der Waals surface area contributed by atoms with Crippen LogP contribution < -0.4 is 5.73 Å². The minimum atomic E-state index is -0.243. The Morgan fingerprint density at radius 2 is 2.05 bits per heavy atom. The van der Waals surface area contributed by atoms with E-state index in [1.54, 1.807) is 0 Å². The molecule has 1 aliphatic rings. The van der Waals surface area contributed by atoms with Crippen LogP contribution in [0, 0.1) is 12.8 Å². The third-order valence-electron chi connectivity index (χ3n) is 5.06. The summed E-state index contributed by atoms with van der Waals surface area (Å²) in [6, 6.07) is 6.45. The molecule has 2 aromatic rings. The highest BCUT2D eigenvalue weighted by atomic mass is 15.1. The van der Waals surface area contributed by atoms with Gasteiger partial charge in [0, 0.05) is 7.05 Å². The Kier molecular flexibility index (Phi) is 3.33. The van der Waals surface area contributed by atoms with Gasteiger partial charge in [0.25, 0.3) is 0 Å². The summed E-state index contributed by atoms with van der Waals surface area (Å²) < 4.78 is 2.20. The van der Waals surface area contributed by atoms with Crippen molar-refractivity contribution >= 4 is 11.0 Å². The first-order valence-corrected chi connectivity index (χ1v) is 7.76. The number of hydrogen-bond acceptors (Lipinski definition) is 2. The zero-order valence-electron chi connectivity index (χ0n) is 12.8. The molecule has 0 saturated heterocycles. The lowest BCUT2D eigenvalue weighted by atomic mass is 9.75. The molecule has 3 rings (SSSR count). The summed E-state index contributed by atoms with van der Waals surface area (Å²) in [6.07, 6.45) is 5.85. The van der Waals surface area contributed by atoms with E-state index in [0.717, 1.165) is 30.1 Å². The van der Waals surface area contributed by atoms with Crippen molar-refractivity contribution in [2.24, 2.45) is 18.7 Å². The lowest BCUT2D eigenvalue weighted by molar-refractivity contribution is 0.219. The molecule has 0 aliphatic heterocycles. The number of hydrogen-bond donors (Lipinski definition) is 1. The van der Waals surface area contributed by atoms with E-state index >= 15 is 0 Å². The average Bonchev–Trinajstić information content (AvgIpc) is 2.77. The molecule has 0 amide bonds. The molecule has 0 unspecified atom stereocenters. The molecule has 0 radical (unpaired) electrons. The second kappa shape index (κ2) is 4.88. The van der Waals surface area contributed by atoms with Crippen molar-refractivity contribution in [1.82, 2.24) is 9.55 Å². The van der Waals surface area contributed by atoms with Gasteiger partial charge in [-0.2, -0.15) is 0 Å². The Hall–Kier alpha value is -1.35. The molecule has 0 spiro atoms. The molecule has 1 heterocycles. The van der Waals surface area contributed by atoms with Crippen molar-refractivity contribution in [3.63, 3.8) is 0 Å². The van der Waals surface area contributed by atoms with Gasteiger partial charge in [0.1, 0.15) is 5.82 Å². The fourth-order valence-electron chi connectivity index (χ4n) is 3.58. The van der Waals surface area contributed by atoms with Gasteiger partial charge in [-0.3, -0.25) is 0 Å². The van der Waals surface area contributed by atoms with Crippen molar-refractivity contribution in [3.05, 3.63) is 29.6 Å². The van der Waals surface area contributed by atoms with Gasteiger partial charge in [0.2, 0.25) is 0 Å². The summed E-state index contributed by atoms with van der Waals surface area (Å²) in [5, 5.41) is 0. The summed E-state index contributed by atoms with van der Waals surface area (Å²) in [7, 11) is 2.10. The maximum Gasteiger partial charge on any atom is 0.129 e. The van der Waals surface area contributed by atoms with Crippen molar-refractivity contribution < 1.29 is 0 Å². The third kappa shape index (κ3) is 2.14. The maximum absolute atomic E-state index is 6.72. The quantitative estimate of drug-likeness (QED) is 0.906. The summed E-state index contributed by atoms with van der Waals surface area (Å²) in [5.74, 6) is 1.91. The van der Waals surface area contributed by atoms with Crippen LogP contribution in [0.25, 0.3) is 11.0 Å². The summed E-state index contributed by atoms with van der Waals surface area (Å²) in [4.78, 5) is 4.86. The van der Waals surface area contributed by atoms with E-state index in [9.17, 15) is 0 Å². The van der Waals surface area contributed by atoms with Gasteiger partial charge < -0.3 is 10.3 Å². The molecule has 1 fully saturated rings. The number of imidazole rings is 1. The molecule has 20 heavy (non-hydrogen) atoms. The number of aromatic nitrogens is 2. The zero-order valence-corrected chi connectivity index (χ0v) is 12.8. The average molecular weight is 271 g/mol. The smallest absolute Gasteiger partial charge is 0.129 e. The molecule has 1 aliphatic carbocycles. The van der Waals surface area contributed by atoms with Gasteiger partial charge in [-0.05, 0) is 56.2 Å². The van der Waals surface area contributed by atoms with Crippen molar-refractivity contribution in [2.75, 3.05) is 0 Å². The Labute approximate surface area is 121 Å². The van der Waals surface area contributed by atoms with Crippen LogP contribution in [-0.2, 0) is 12.6 Å². The van der Waals surface area contributed by atoms with Gasteiger partial charge in [0.15, 0.2) is 0 Å². The Morgan fingerprint density at radius 1 is 1.35 bits per heavy atom. The monoisotopic (exact) mass is 271 g/mol. The molecule has 3 nitrogen and oxygen atoms in total. The van der Waals surface area contributed by atoms with Crippen LogP contribution in [-0.4, -0.2) is 9.55 Å². The van der Waals surface area contributed by atoms with Gasteiger partial charge in [-0.1, -0.05) is 19.4 Å². The zero-order chi connectivity index (χ0) is 14.3. The topological polar surface area (TPSA) is 43.8 Å². The van der Waals surface area contributed by atoms with Crippen LogP contribution in [0.15, 0.2) is 18.2 Å². The fourth-order valence-corrected chi connectivity index (χ4v) is 3.58. The highest BCUT2D eigenvalue weighted by Crippen LogP contribution is 2.38. The first-order chi connectivity index (χ1) is 9.53. The largest absolute Gasteiger partial charge is 0.330 e. The Bertz CT molecular complexity index is 618. The normalized spacial score (nSPS) is 27.1. The van der Waals surface area contributed by atoms with Crippen LogP contribution in [0.5, 0.6) is 0 Å². The van der Waals surface area contributed by atoms with Crippen LogP contribution >= 0.6 is 0 Å². The highest BCUT2D eigenvalue weighted by molar-refractivity contribution is 5.77.